The summed E-state index contributed by atoms with van der Waals surface area (Å²) < 4.78 is 13.2. The van der Waals surface area contributed by atoms with Crippen molar-refractivity contribution in [3.8, 4) is 12.1 Å². The molecule has 20 heavy (non-hydrogen) atoms. The first-order valence-corrected chi connectivity index (χ1v) is 6.10. The summed E-state index contributed by atoms with van der Waals surface area (Å²) in [7, 11) is 0. The van der Waals surface area contributed by atoms with E-state index in [1.807, 2.05) is 25.1 Å². The van der Waals surface area contributed by atoms with E-state index in [4.69, 9.17) is 10.5 Å². The fraction of sp³-hybridized carbons (Fsp3) is 0.125. The highest BCUT2D eigenvalue weighted by Gasteiger charge is 2.08. The van der Waals surface area contributed by atoms with Gasteiger partial charge in [0.1, 0.15) is 11.9 Å². The summed E-state index contributed by atoms with van der Waals surface area (Å²) in [5.41, 5.74) is 2.21. The maximum atomic E-state index is 13.2. The molecule has 0 saturated carbocycles. The quantitative estimate of drug-likeness (QED) is 0.919. The minimum Gasteiger partial charge on any atom is -0.378 e. The number of nitrogens with one attached hydrogen (secondary N) is 1. The van der Waals surface area contributed by atoms with Gasteiger partial charge in [-0.1, -0.05) is 12.1 Å². The average Bonchev–Trinajstić information content (AvgIpc) is 2.49. The van der Waals surface area contributed by atoms with Crippen LogP contribution in [0.3, 0.4) is 0 Å². The van der Waals surface area contributed by atoms with Gasteiger partial charge < -0.3 is 5.32 Å². The molecule has 1 atom stereocenters. The molecule has 0 aliphatic heterocycles. The molecule has 0 aliphatic rings. The van der Waals surface area contributed by atoms with E-state index in [0.29, 0.717) is 11.3 Å². The number of hydrogen-bond acceptors (Lipinski definition) is 3. The maximum absolute atomic E-state index is 13.2. The molecule has 3 nitrogen and oxygen atoms in total. The van der Waals surface area contributed by atoms with E-state index in [1.54, 1.807) is 18.2 Å². The van der Waals surface area contributed by atoms with Crippen molar-refractivity contribution in [2.45, 2.75) is 13.0 Å². The topological polar surface area (TPSA) is 59.6 Å². The van der Waals surface area contributed by atoms with Gasteiger partial charge in [-0.25, -0.2) is 4.39 Å². The molecule has 0 aliphatic carbocycles. The van der Waals surface area contributed by atoms with Crippen LogP contribution >= 0.6 is 0 Å². The van der Waals surface area contributed by atoms with Crippen LogP contribution in [0.4, 0.5) is 10.1 Å². The first-order chi connectivity index (χ1) is 9.63. The number of benzene rings is 2. The molecular weight excluding hydrogens is 253 g/mol. The number of anilines is 1. The Morgan fingerprint density at radius 3 is 2.60 bits per heavy atom. The smallest absolute Gasteiger partial charge is 0.141 e. The predicted octanol–water partition coefficient (Wildman–Crippen LogP) is 3.74. The highest BCUT2D eigenvalue weighted by atomic mass is 19.1. The molecule has 0 bridgehead atoms. The van der Waals surface area contributed by atoms with Crippen LogP contribution in [0, 0.1) is 28.5 Å². The maximum Gasteiger partial charge on any atom is 0.141 e. The zero-order valence-corrected chi connectivity index (χ0v) is 10.9. The number of rotatable bonds is 3. The number of nitriles is 2. The van der Waals surface area contributed by atoms with Crippen LogP contribution in [0.25, 0.3) is 0 Å². The zero-order valence-electron chi connectivity index (χ0n) is 10.9. The second kappa shape index (κ2) is 5.86. The molecule has 0 radical (unpaired) electrons. The van der Waals surface area contributed by atoms with E-state index in [0.717, 1.165) is 5.56 Å². The van der Waals surface area contributed by atoms with Crippen LogP contribution in [-0.2, 0) is 0 Å². The Bertz CT molecular complexity index is 710. The van der Waals surface area contributed by atoms with Crippen molar-refractivity contribution in [1.82, 2.24) is 0 Å². The summed E-state index contributed by atoms with van der Waals surface area (Å²) in [5.74, 6) is -0.530. The third kappa shape index (κ3) is 2.93. The zero-order chi connectivity index (χ0) is 14.5. The Balaban J connectivity index is 2.21. The first kappa shape index (κ1) is 13.6. The van der Waals surface area contributed by atoms with Crippen LogP contribution in [0.1, 0.15) is 29.7 Å². The lowest BCUT2D eigenvalue weighted by molar-refractivity contribution is 0.624. The molecule has 0 spiro atoms. The van der Waals surface area contributed by atoms with Gasteiger partial charge in [-0.15, -0.1) is 0 Å². The molecule has 0 saturated heterocycles. The molecular formula is C16H12FN3. The molecule has 2 aromatic carbocycles. The summed E-state index contributed by atoms with van der Waals surface area (Å²) in [5, 5.41) is 20.9. The molecule has 0 heterocycles. The summed E-state index contributed by atoms with van der Waals surface area (Å²) in [6, 6.07) is 15.4. The Hall–Kier alpha value is -2.85. The van der Waals surface area contributed by atoms with Crippen molar-refractivity contribution in [3.05, 3.63) is 65.0 Å². The Morgan fingerprint density at radius 2 is 1.90 bits per heavy atom. The Kier molecular flexibility index (Phi) is 3.98. The summed E-state index contributed by atoms with van der Waals surface area (Å²) in [6.45, 7) is 1.94. The molecule has 1 unspecified atom stereocenters. The van der Waals surface area contributed by atoms with Gasteiger partial charge in [-0.3, -0.25) is 0 Å². The molecule has 2 aromatic rings. The largest absolute Gasteiger partial charge is 0.378 e. The standard InChI is InChI=1S/C16H12FN3/c1-11(13-4-2-3-12(7-13)9-18)20-15-5-6-16(17)14(8-15)10-19/h2-8,11,20H,1H3. The fourth-order valence-corrected chi connectivity index (χ4v) is 1.91. The van der Waals surface area contributed by atoms with Gasteiger partial charge in [0.05, 0.1) is 17.2 Å². The van der Waals surface area contributed by atoms with Crippen molar-refractivity contribution in [3.63, 3.8) is 0 Å². The summed E-state index contributed by atoms with van der Waals surface area (Å²) in [4.78, 5) is 0. The molecule has 2 rings (SSSR count). The lowest BCUT2D eigenvalue weighted by Gasteiger charge is -2.16. The Morgan fingerprint density at radius 1 is 1.10 bits per heavy atom. The normalized spacial score (nSPS) is 11.2. The van der Waals surface area contributed by atoms with Gasteiger partial charge in [0.2, 0.25) is 0 Å². The van der Waals surface area contributed by atoms with Crippen LogP contribution in [0.2, 0.25) is 0 Å². The average molecular weight is 265 g/mol. The van der Waals surface area contributed by atoms with E-state index < -0.39 is 5.82 Å². The second-order valence-corrected chi connectivity index (χ2v) is 4.41. The number of hydrogen-bond donors (Lipinski definition) is 1. The van der Waals surface area contributed by atoms with Crippen molar-refractivity contribution < 1.29 is 4.39 Å². The van der Waals surface area contributed by atoms with Gasteiger partial charge in [-0.05, 0) is 42.8 Å². The van der Waals surface area contributed by atoms with E-state index in [9.17, 15) is 4.39 Å². The van der Waals surface area contributed by atoms with E-state index in [1.165, 1.54) is 12.1 Å². The van der Waals surface area contributed by atoms with Crippen molar-refractivity contribution in [1.29, 1.82) is 10.5 Å². The molecule has 4 heteroatoms. The molecule has 0 aromatic heterocycles. The molecule has 1 N–H and O–H groups in total. The van der Waals surface area contributed by atoms with Crippen LogP contribution in [-0.4, -0.2) is 0 Å². The minimum atomic E-state index is -0.530. The monoisotopic (exact) mass is 265 g/mol. The highest BCUT2D eigenvalue weighted by molar-refractivity contribution is 5.51. The molecule has 0 fully saturated rings. The SMILES string of the molecule is CC(Nc1ccc(F)c(C#N)c1)c1cccc(C#N)c1. The lowest BCUT2D eigenvalue weighted by Crippen LogP contribution is -2.07. The Labute approximate surface area is 116 Å². The van der Waals surface area contributed by atoms with Gasteiger partial charge >= 0.3 is 0 Å². The third-order valence-electron chi connectivity index (χ3n) is 2.99. The van der Waals surface area contributed by atoms with E-state index in [2.05, 4.69) is 11.4 Å². The number of nitrogens with zero attached hydrogens (tertiary/aromatic N) is 2. The van der Waals surface area contributed by atoms with Gasteiger partial charge in [0.15, 0.2) is 0 Å². The summed E-state index contributed by atoms with van der Waals surface area (Å²) in [6.07, 6.45) is 0. The van der Waals surface area contributed by atoms with Gasteiger partial charge in [-0.2, -0.15) is 10.5 Å². The van der Waals surface area contributed by atoms with Crippen molar-refractivity contribution in [2.75, 3.05) is 5.32 Å². The van der Waals surface area contributed by atoms with E-state index in [-0.39, 0.29) is 11.6 Å². The lowest BCUT2D eigenvalue weighted by atomic mass is 10.1. The van der Waals surface area contributed by atoms with Crippen molar-refractivity contribution >= 4 is 5.69 Å². The summed E-state index contributed by atoms with van der Waals surface area (Å²) >= 11 is 0. The fourth-order valence-electron chi connectivity index (χ4n) is 1.91. The van der Waals surface area contributed by atoms with Gasteiger partial charge in [0, 0.05) is 11.7 Å². The second-order valence-electron chi connectivity index (χ2n) is 4.41. The van der Waals surface area contributed by atoms with Crippen LogP contribution < -0.4 is 5.32 Å². The number of halogens is 1. The first-order valence-electron chi connectivity index (χ1n) is 6.10. The van der Waals surface area contributed by atoms with Gasteiger partial charge in [0.25, 0.3) is 0 Å². The van der Waals surface area contributed by atoms with Crippen molar-refractivity contribution in [2.24, 2.45) is 0 Å². The van der Waals surface area contributed by atoms with E-state index >= 15 is 0 Å². The predicted molar refractivity (Wildman–Crippen MR) is 74.3 cm³/mol. The molecule has 0 amide bonds. The van der Waals surface area contributed by atoms with Crippen LogP contribution in [0.15, 0.2) is 42.5 Å². The minimum absolute atomic E-state index is 0.00738. The highest BCUT2D eigenvalue weighted by Crippen LogP contribution is 2.21. The third-order valence-corrected chi connectivity index (χ3v) is 2.99. The molecule has 98 valence electrons. The van der Waals surface area contributed by atoms with Crippen LogP contribution in [0.5, 0.6) is 0 Å².